The highest BCUT2D eigenvalue weighted by molar-refractivity contribution is 5.48. The first-order valence-electron chi connectivity index (χ1n) is 7.07. The minimum atomic E-state index is 0.510. The van der Waals surface area contributed by atoms with Crippen LogP contribution in [0.5, 0.6) is 0 Å². The molecule has 0 amide bonds. The predicted molar refractivity (Wildman–Crippen MR) is 78.9 cm³/mol. The summed E-state index contributed by atoms with van der Waals surface area (Å²) in [7, 11) is 0. The molecule has 0 saturated heterocycles. The molecule has 1 aromatic heterocycles. The van der Waals surface area contributed by atoms with Crippen molar-refractivity contribution in [3.05, 3.63) is 23.4 Å². The second kappa shape index (κ2) is 7.37. The quantitative estimate of drug-likeness (QED) is 0.806. The SMILES string of the molecule is CCCCN(c1nc(C)ccc1CN)C(C)CC. The molecule has 1 heterocycles. The average Bonchev–Trinajstić information content (AvgIpc) is 2.39. The van der Waals surface area contributed by atoms with Crippen LogP contribution in [0.2, 0.25) is 0 Å². The monoisotopic (exact) mass is 249 g/mol. The van der Waals surface area contributed by atoms with Crippen molar-refractivity contribution < 1.29 is 0 Å². The molecule has 1 atom stereocenters. The number of anilines is 1. The first kappa shape index (κ1) is 15.0. The number of hydrogen-bond donors (Lipinski definition) is 1. The van der Waals surface area contributed by atoms with Gasteiger partial charge in [-0.1, -0.05) is 26.3 Å². The fourth-order valence-electron chi connectivity index (χ4n) is 2.06. The Hall–Kier alpha value is -1.09. The lowest BCUT2D eigenvalue weighted by Gasteiger charge is -2.31. The third kappa shape index (κ3) is 3.70. The van der Waals surface area contributed by atoms with Gasteiger partial charge < -0.3 is 10.6 Å². The van der Waals surface area contributed by atoms with Crippen molar-refractivity contribution in [2.75, 3.05) is 11.4 Å². The molecule has 1 unspecified atom stereocenters. The minimum Gasteiger partial charge on any atom is -0.354 e. The highest BCUT2D eigenvalue weighted by Crippen LogP contribution is 2.22. The number of rotatable bonds is 7. The van der Waals surface area contributed by atoms with E-state index < -0.39 is 0 Å². The molecule has 0 spiro atoms. The summed E-state index contributed by atoms with van der Waals surface area (Å²) in [4.78, 5) is 7.13. The van der Waals surface area contributed by atoms with Crippen molar-refractivity contribution in [2.45, 2.75) is 59.5 Å². The van der Waals surface area contributed by atoms with Gasteiger partial charge in [0, 0.05) is 30.4 Å². The third-order valence-corrected chi connectivity index (χ3v) is 3.46. The Morgan fingerprint density at radius 2 is 2.06 bits per heavy atom. The van der Waals surface area contributed by atoms with Gasteiger partial charge >= 0.3 is 0 Å². The average molecular weight is 249 g/mol. The van der Waals surface area contributed by atoms with Gasteiger partial charge in [0.05, 0.1) is 0 Å². The van der Waals surface area contributed by atoms with E-state index in [2.05, 4.69) is 31.7 Å². The predicted octanol–water partition coefficient (Wildman–Crippen LogP) is 3.25. The Labute approximate surface area is 111 Å². The molecule has 0 aliphatic carbocycles. The number of pyridine rings is 1. The van der Waals surface area contributed by atoms with Crippen molar-refractivity contribution in [3.8, 4) is 0 Å². The highest BCUT2D eigenvalue weighted by Gasteiger charge is 2.17. The molecule has 102 valence electrons. The first-order valence-corrected chi connectivity index (χ1v) is 7.07. The smallest absolute Gasteiger partial charge is 0.133 e. The summed E-state index contributed by atoms with van der Waals surface area (Å²) >= 11 is 0. The van der Waals surface area contributed by atoms with Gasteiger partial charge in [-0.2, -0.15) is 0 Å². The zero-order chi connectivity index (χ0) is 13.5. The number of aromatic nitrogens is 1. The van der Waals surface area contributed by atoms with E-state index in [1.807, 2.05) is 13.0 Å². The van der Waals surface area contributed by atoms with E-state index in [-0.39, 0.29) is 0 Å². The van der Waals surface area contributed by atoms with Crippen molar-refractivity contribution in [3.63, 3.8) is 0 Å². The second-order valence-corrected chi connectivity index (χ2v) is 4.94. The molecule has 3 heteroatoms. The Kier molecular flexibility index (Phi) is 6.13. The largest absolute Gasteiger partial charge is 0.354 e. The summed E-state index contributed by atoms with van der Waals surface area (Å²) in [5.74, 6) is 1.08. The number of nitrogens with zero attached hydrogens (tertiary/aromatic N) is 2. The van der Waals surface area contributed by atoms with E-state index in [1.165, 1.54) is 12.8 Å². The van der Waals surface area contributed by atoms with Gasteiger partial charge in [0.25, 0.3) is 0 Å². The molecule has 0 aliphatic heterocycles. The van der Waals surface area contributed by atoms with Gasteiger partial charge in [-0.25, -0.2) is 4.98 Å². The van der Waals surface area contributed by atoms with E-state index in [0.29, 0.717) is 12.6 Å². The molecule has 1 rings (SSSR count). The standard InChI is InChI=1S/C15H27N3/c1-5-7-10-18(13(4)6-2)15-14(11-16)9-8-12(3)17-15/h8-9,13H,5-7,10-11,16H2,1-4H3. The van der Waals surface area contributed by atoms with Crippen LogP contribution < -0.4 is 10.6 Å². The fourth-order valence-corrected chi connectivity index (χ4v) is 2.06. The van der Waals surface area contributed by atoms with Crippen LogP contribution >= 0.6 is 0 Å². The van der Waals surface area contributed by atoms with Gasteiger partial charge in [-0.15, -0.1) is 0 Å². The molecular formula is C15H27N3. The lowest BCUT2D eigenvalue weighted by Crippen LogP contribution is -2.35. The lowest BCUT2D eigenvalue weighted by atomic mass is 10.1. The zero-order valence-electron chi connectivity index (χ0n) is 12.2. The van der Waals surface area contributed by atoms with E-state index in [1.54, 1.807) is 0 Å². The summed E-state index contributed by atoms with van der Waals surface area (Å²) < 4.78 is 0. The Morgan fingerprint density at radius 3 is 2.61 bits per heavy atom. The molecule has 0 saturated carbocycles. The van der Waals surface area contributed by atoms with Crippen LogP contribution in [-0.4, -0.2) is 17.6 Å². The number of nitrogens with two attached hydrogens (primary N) is 1. The first-order chi connectivity index (χ1) is 8.63. The van der Waals surface area contributed by atoms with Crippen molar-refractivity contribution in [1.29, 1.82) is 0 Å². The van der Waals surface area contributed by atoms with Crippen LogP contribution in [0.1, 0.15) is 51.3 Å². The van der Waals surface area contributed by atoms with Gasteiger partial charge in [-0.05, 0) is 32.8 Å². The second-order valence-electron chi connectivity index (χ2n) is 4.94. The molecular weight excluding hydrogens is 222 g/mol. The summed E-state index contributed by atoms with van der Waals surface area (Å²) in [6.07, 6.45) is 3.53. The normalized spacial score (nSPS) is 12.5. The van der Waals surface area contributed by atoms with E-state index in [9.17, 15) is 0 Å². The molecule has 1 aromatic rings. The fraction of sp³-hybridized carbons (Fsp3) is 0.667. The van der Waals surface area contributed by atoms with Crippen LogP contribution in [-0.2, 0) is 6.54 Å². The Morgan fingerprint density at radius 1 is 1.33 bits per heavy atom. The third-order valence-electron chi connectivity index (χ3n) is 3.46. The van der Waals surface area contributed by atoms with E-state index in [4.69, 9.17) is 10.7 Å². The molecule has 0 radical (unpaired) electrons. The molecule has 2 N–H and O–H groups in total. The Bertz CT molecular complexity index is 363. The van der Waals surface area contributed by atoms with Crippen LogP contribution in [0.15, 0.2) is 12.1 Å². The zero-order valence-corrected chi connectivity index (χ0v) is 12.2. The summed E-state index contributed by atoms with van der Waals surface area (Å²) in [6.45, 7) is 10.4. The Balaban J connectivity index is 3.05. The summed E-state index contributed by atoms with van der Waals surface area (Å²) in [5, 5.41) is 0. The summed E-state index contributed by atoms with van der Waals surface area (Å²) in [6, 6.07) is 4.66. The van der Waals surface area contributed by atoms with Crippen molar-refractivity contribution >= 4 is 5.82 Å². The van der Waals surface area contributed by atoms with Gasteiger partial charge in [-0.3, -0.25) is 0 Å². The summed E-state index contributed by atoms with van der Waals surface area (Å²) in [5.41, 5.74) is 8.05. The number of hydrogen-bond acceptors (Lipinski definition) is 3. The molecule has 0 aliphatic rings. The maximum Gasteiger partial charge on any atom is 0.133 e. The lowest BCUT2D eigenvalue weighted by molar-refractivity contribution is 0.586. The van der Waals surface area contributed by atoms with Crippen molar-refractivity contribution in [1.82, 2.24) is 4.98 Å². The van der Waals surface area contributed by atoms with Gasteiger partial charge in [0.1, 0.15) is 5.82 Å². The van der Waals surface area contributed by atoms with Crippen LogP contribution in [0.3, 0.4) is 0 Å². The minimum absolute atomic E-state index is 0.510. The number of aryl methyl sites for hydroxylation is 1. The maximum absolute atomic E-state index is 5.84. The van der Waals surface area contributed by atoms with E-state index >= 15 is 0 Å². The number of unbranched alkanes of at least 4 members (excludes halogenated alkanes) is 1. The van der Waals surface area contributed by atoms with Crippen LogP contribution in [0.25, 0.3) is 0 Å². The van der Waals surface area contributed by atoms with Gasteiger partial charge in [0.15, 0.2) is 0 Å². The van der Waals surface area contributed by atoms with Crippen LogP contribution in [0, 0.1) is 6.92 Å². The molecule has 18 heavy (non-hydrogen) atoms. The van der Waals surface area contributed by atoms with Crippen LogP contribution in [0.4, 0.5) is 5.82 Å². The topological polar surface area (TPSA) is 42.2 Å². The van der Waals surface area contributed by atoms with E-state index in [0.717, 1.165) is 30.0 Å². The molecule has 0 bridgehead atoms. The molecule has 3 nitrogen and oxygen atoms in total. The molecule has 0 fully saturated rings. The van der Waals surface area contributed by atoms with Gasteiger partial charge in [0.2, 0.25) is 0 Å². The highest BCUT2D eigenvalue weighted by atomic mass is 15.2. The van der Waals surface area contributed by atoms with Crippen molar-refractivity contribution in [2.24, 2.45) is 5.73 Å². The maximum atomic E-state index is 5.84. The molecule has 0 aromatic carbocycles.